The standard InChI is InChI=1S/C21H18FN3O3S2/c1-12-24-20-17(30-12)10-16(15-7-9-29-21(15)20)28-11-19(27)25(8-6-18(23)26)14-4-2-13(22)3-5-14/h2-5,7,9-10H,6,8,11H2,1H3,(H2,23,26). The van der Waals surface area contributed by atoms with Gasteiger partial charge in [0.05, 0.1) is 19.9 Å². The van der Waals surface area contributed by atoms with Gasteiger partial charge in [0, 0.05) is 30.1 Å². The number of anilines is 1. The van der Waals surface area contributed by atoms with Gasteiger partial charge in [-0.1, -0.05) is 0 Å². The van der Waals surface area contributed by atoms with Crippen LogP contribution in [0.15, 0.2) is 41.8 Å². The van der Waals surface area contributed by atoms with Crippen molar-refractivity contribution in [3.8, 4) is 5.75 Å². The predicted molar refractivity (Wildman–Crippen MR) is 118 cm³/mol. The Morgan fingerprint density at radius 3 is 2.73 bits per heavy atom. The lowest BCUT2D eigenvalue weighted by molar-refractivity contribution is -0.120. The number of primary amides is 1. The first-order chi connectivity index (χ1) is 14.4. The van der Waals surface area contributed by atoms with E-state index < -0.39 is 11.7 Å². The van der Waals surface area contributed by atoms with E-state index in [-0.39, 0.29) is 25.5 Å². The second-order valence-corrected chi connectivity index (χ2v) is 8.80. The number of carbonyl (C=O) groups excluding carboxylic acids is 2. The molecule has 0 unspecified atom stereocenters. The van der Waals surface area contributed by atoms with E-state index in [1.54, 1.807) is 22.7 Å². The molecule has 6 nitrogen and oxygen atoms in total. The number of hydrogen-bond donors (Lipinski definition) is 1. The van der Waals surface area contributed by atoms with E-state index in [0.29, 0.717) is 11.4 Å². The molecule has 0 aliphatic rings. The highest BCUT2D eigenvalue weighted by molar-refractivity contribution is 7.21. The molecule has 2 N–H and O–H groups in total. The van der Waals surface area contributed by atoms with Crippen molar-refractivity contribution in [2.24, 2.45) is 5.73 Å². The monoisotopic (exact) mass is 443 g/mol. The fraction of sp³-hybridized carbons (Fsp3) is 0.190. The first-order valence-corrected chi connectivity index (χ1v) is 10.9. The molecule has 30 heavy (non-hydrogen) atoms. The van der Waals surface area contributed by atoms with Gasteiger partial charge in [-0.25, -0.2) is 9.37 Å². The number of fused-ring (bicyclic) bond motifs is 3. The minimum absolute atomic E-state index is 0.00993. The van der Waals surface area contributed by atoms with Gasteiger partial charge in [0.15, 0.2) is 6.61 Å². The Labute approximate surface area is 179 Å². The minimum Gasteiger partial charge on any atom is -0.483 e. The van der Waals surface area contributed by atoms with Crippen molar-refractivity contribution in [3.63, 3.8) is 0 Å². The maximum atomic E-state index is 13.3. The Bertz CT molecular complexity index is 1230. The van der Waals surface area contributed by atoms with Crippen LogP contribution in [0.1, 0.15) is 11.4 Å². The van der Waals surface area contributed by atoms with Gasteiger partial charge >= 0.3 is 0 Å². The highest BCUT2D eigenvalue weighted by Crippen LogP contribution is 2.38. The number of ether oxygens (including phenoxy) is 1. The molecule has 0 aliphatic heterocycles. The van der Waals surface area contributed by atoms with Crippen LogP contribution in [0.5, 0.6) is 5.75 Å². The van der Waals surface area contributed by atoms with Gasteiger partial charge < -0.3 is 15.4 Å². The lowest BCUT2D eigenvalue weighted by Gasteiger charge is -2.22. The Morgan fingerprint density at radius 1 is 1.23 bits per heavy atom. The number of hydrogen-bond acceptors (Lipinski definition) is 6. The minimum atomic E-state index is -0.526. The van der Waals surface area contributed by atoms with Crippen LogP contribution in [-0.2, 0) is 9.59 Å². The fourth-order valence-corrected chi connectivity index (χ4v) is 5.00. The molecule has 0 atom stereocenters. The fourth-order valence-electron chi connectivity index (χ4n) is 3.16. The van der Waals surface area contributed by atoms with E-state index in [9.17, 15) is 14.0 Å². The second kappa shape index (κ2) is 8.37. The predicted octanol–water partition coefficient (Wildman–Crippen LogP) is 4.25. The van der Waals surface area contributed by atoms with E-state index >= 15 is 0 Å². The zero-order chi connectivity index (χ0) is 21.3. The molecule has 0 saturated heterocycles. The maximum Gasteiger partial charge on any atom is 0.264 e. The smallest absolute Gasteiger partial charge is 0.264 e. The Balaban J connectivity index is 1.58. The summed E-state index contributed by atoms with van der Waals surface area (Å²) in [6, 6.07) is 9.33. The van der Waals surface area contributed by atoms with Crippen LogP contribution < -0.4 is 15.4 Å². The lowest BCUT2D eigenvalue weighted by atomic mass is 10.2. The van der Waals surface area contributed by atoms with Crippen molar-refractivity contribution >= 4 is 60.5 Å². The molecule has 2 heterocycles. The number of nitrogens with two attached hydrogens (primary N) is 1. The number of thiophene rings is 1. The molecule has 9 heteroatoms. The molecule has 0 aliphatic carbocycles. The number of benzene rings is 2. The third-order valence-corrected chi connectivity index (χ3v) is 6.38. The van der Waals surface area contributed by atoms with Gasteiger partial charge in [-0.15, -0.1) is 22.7 Å². The normalized spacial score (nSPS) is 11.1. The van der Waals surface area contributed by atoms with Crippen LogP contribution in [0.3, 0.4) is 0 Å². The van der Waals surface area contributed by atoms with Gasteiger partial charge in [0.2, 0.25) is 5.91 Å². The number of carbonyl (C=O) groups is 2. The molecule has 0 saturated carbocycles. The quantitative estimate of drug-likeness (QED) is 0.463. The van der Waals surface area contributed by atoms with E-state index in [4.69, 9.17) is 10.5 Å². The molecule has 0 radical (unpaired) electrons. The van der Waals surface area contributed by atoms with Crippen LogP contribution >= 0.6 is 22.7 Å². The topological polar surface area (TPSA) is 85.5 Å². The summed E-state index contributed by atoms with van der Waals surface area (Å²) in [7, 11) is 0. The second-order valence-electron chi connectivity index (χ2n) is 6.64. The van der Waals surface area contributed by atoms with E-state index in [0.717, 1.165) is 25.3 Å². The number of aromatic nitrogens is 1. The Kier molecular flexibility index (Phi) is 5.65. The first-order valence-electron chi connectivity index (χ1n) is 9.17. The molecule has 2 aromatic carbocycles. The van der Waals surface area contributed by atoms with Gasteiger partial charge in [0.1, 0.15) is 11.6 Å². The molecule has 0 bridgehead atoms. The number of nitrogens with zero attached hydrogens (tertiary/aromatic N) is 2. The number of aryl methyl sites for hydroxylation is 1. The van der Waals surface area contributed by atoms with Crippen molar-refractivity contribution < 1.29 is 18.7 Å². The SMILES string of the molecule is Cc1nc2c(cc(OCC(=O)N(CCC(N)=O)c3ccc(F)cc3)c3ccsc32)s1. The summed E-state index contributed by atoms with van der Waals surface area (Å²) >= 11 is 3.14. The average Bonchev–Trinajstić information content (AvgIpc) is 3.33. The van der Waals surface area contributed by atoms with Gasteiger partial charge in [0.25, 0.3) is 5.91 Å². The lowest BCUT2D eigenvalue weighted by Crippen LogP contribution is -2.37. The van der Waals surface area contributed by atoms with Crippen molar-refractivity contribution in [1.29, 1.82) is 0 Å². The first kappa shape index (κ1) is 20.2. The Hall–Kier alpha value is -3.04. The van der Waals surface area contributed by atoms with Gasteiger partial charge in [-0.3, -0.25) is 9.59 Å². The maximum absolute atomic E-state index is 13.3. The zero-order valence-electron chi connectivity index (χ0n) is 16.1. The van der Waals surface area contributed by atoms with Crippen LogP contribution in [0, 0.1) is 12.7 Å². The van der Waals surface area contributed by atoms with Crippen molar-refractivity contribution in [1.82, 2.24) is 4.98 Å². The molecule has 2 aromatic heterocycles. The van der Waals surface area contributed by atoms with Crippen molar-refractivity contribution in [2.75, 3.05) is 18.1 Å². The summed E-state index contributed by atoms with van der Waals surface area (Å²) < 4.78 is 21.2. The number of rotatable bonds is 7. The highest BCUT2D eigenvalue weighted by Gasteiger charge is 2.19. The molecule has 2 amide bonds. The summed E-state index contributed by atoms with van der Waals surface area (Å²) in [6.45, 7) is 1.81. The summed E-state index contributed by atoms with van der Waals surface area (Å²) in [5, 5.41) is 3.82. The van der Waals surface area contributed by atoms with Crippen LogP contribution in [0.25, 0.3) is 20.3 Å². The highest BCUT2D eigenvalue weighted by atomic mass is 32.1. The molecular weight excluding hydrogens is 425 g/mol. The molecule has 154 valence electrons. The number of halogens is 1. The summed E-state index contributed by atoms with van der Waals surface area (Å²) in [4.78, 5) is 30.1. The van der Waals surface area contributed by atoms with Crippen molar-refractivity contribution in [3.05, 3.63) is 52.6 Å². The molecule has 0 fully saturated rings. The summed E-state index contributed by atoms with van der Waals surface area (Å²) in [5.74, 6) is -0.691. The van der Waals surface area contributed by atoms with Gasteiger partial charge in [-0.05, 0) is 42.6 Å². The third-order valence-electron chi connectivity index (χ3n) is 4.54. The Morgan fingerprint density at radius 2 is 2.00 bits per heavy atom. The average molecular weight is 444 g/mol. The largest absolute Gasteiger partial charge is 0.483 e. The van der Waals surface area contributed by atoms with E-state index in [2.05, 4.69) is 4.98 Å². The third kappa shape index (κ3) is 4.12. The van der Waals surface area contributed by atoms with Crippen molar-refractivity contribution in [2.45, 2.75) is 13.3 Å². The molecule has 0 spiro atoms. The van der Waals surface area contributed by atoms with Gasteiger partial charge in [-0.2, -0.15) is 0 Å². The van der Waals surface area contributed by atoms with Crippen LogP contribution in [-0.4, -0.2) is 29.9 Å². The summed E-state index contributed by atoms with van der Waals surface area (Å²) in [5.41, 5.74) is 6.65. The van der Waals surface area contributed by atoms with E-state index in [1.165, 1.54) is 29.2 Å². The number of thiazole rings is 1. The van der Waals surface area contributed by atoms with E-state index in [1.807, 2.05) is 24.4 Å². The number of amides is 2. The molecular formula is C21H18FN3O3S2. The van der Waals surface area contributed by atoms with Crippen LogP contribution in [0.2, 0.25) is 0 Å². The van der Waals surface area contributed by atoms with Crippen LogP contribution in [0.4, 0.5) is 10.1 Å². The zero-order valence-corrected chi connectivity index (χ0v) is 17.7. The summed E-state index contributed by atoms with van der Waals surface area (Å²) in [6.07, 6.45) is -0.00993. The molecule has 4 rings (SSSR count). The molecule has 4 aromatic rings.